The second kappa shape index (κ2) is 4.58. The first-order valence-corrected chi connectivity index (χ1v) is 5.81. The van der Waals surface area contributed by atoms with Gasteiger partial charge in [-0.25, -0.2) is 5.10 Å². The van der Waals surface area contributed by atoms with Gasteiger partial charge in [0.1, 0.15) is 5.15 Å². The molecule has 0 amide bonds. The van der Waals surface area contributed by atoms with Gasteiger partial charge in [-0.05, 0) is 5.39 Å². The highest BCUT2D eigenvalue weighted by Gasteiger charge is 2.03. The van der Waals surface area contributed by atoms with Crippen LogP contribution in [0.5, 0.6) is 0 Å². The standard InChI is InChI=1S/C13H9ClN4/c14-12-10-6-2-3-7-11(10)13(16-15-12)17-18-8-4-1-5-9-18/h1-9H. The number of pyridine rings is 1. The third-order valence-electron chi connectivity index (χ3n) is 2.53. The Labute approximate surface area is 109 Å². The van der Waals surface area contributed by atoms with Crippen molar-refractivity contribution in [3.8, 4) is 0 Å². The minimum Gasteiger partial charge on any atom is -0.346 e. The Kier molecular flexibility index (Phi) is 2.78. The van der Waals surface area contributed by atoms with E-state index in [1.807, 2.05) is 54.9 Å². The summed E-state index contributed by atoms with van der Waals surface area (Å²) in [7, 11) is 0. The van der Waals surface area contributed by atoms with Crippen molar-refractivity contribution in [3.63, 3.8) is 0 Å². The lowest BCUT2D eigenvalue weighted by Crippen LogP contribution is -2.26. The average molecular weight is 257 g/mol. The Bertz CT molecular complexity index is 685. The van der Waals surface area contributed by atoms with E-state index in [-0.39, 0.29) is 0 Å². The van der Waals surface area contributed by atoms with E-state index in [4.69, 9.17) is 11.6 Å². The molecule has 0 saturated carbocycles. The van der Waals surface area contributed by atoms with Crippen LogP contribution in [0.2, 0.25) is 5.15 Å². The molecule has 3 rings (SSSR count). The van der Waals surface area contributed by atoms with Gasteiger partial charge in [0.05, 0.1) is 0 Å². The molecule has 2 heterocycles. The molecule has 0 bridgehead atoms. The normalized spacial score (nSPS) is 10.5. The molecule has 4 nitrogen and oxygen atoms in total. The van der Waals surface area contributed by atoms with Crippen LogP contribution in [0.4, 0.5) is 5.82 Å². The van der Waals surface area contributed by atoms with Gasteiger partial charge in [-0.1, -0.05) is 41.9 Å². The molecular weight excluding hydrogens is 248 g/mol. The molecule has 0 aliphatic heterocycles. The van der Waals surface area contributed by atoms with Gasteiger partial charge in [0, 0.05) is 23.3 Å². The second-order valence-corrected chi connectivity index (χ2v) is 4.07. The van der Waals surface area contributed by atoms with Gasteiger partial charge in [-0.3, -0.25) is 0 Å². The van der Waals surface area contributed by atoms with Crippen molar-refractivity contribution in [2.45, 2.75) is 0 Å². The van der Waals surface area contributed by atoms with Gasteiger partial charge in [0.25, 0.3) is 0 Å². The summed E-state index contributed by atoms with van der Waals surface area (Å²) >= 11 is 6.01. The zero-order valence-electron chi connectivity index (χ0n) is 9.36. The van der Waals surface area contributed by atoms with Crippen LogP contribution < -0.4 is 4.68 Å². The van der Waals surface area contributed by atoms with E-state index in [0.717, 1.165) is 10.8 Å². The van der Waals surface area contributed by atoms with E-state index >= 15 is 0 Å². The number of nitrogens with zero attached hydrogens (tertiary/aromatic N) is 4. The summed E-state index contributed by atoms with van der Waals surface area (Å²) in [5, 5.41) is 10.1. The van der Waals surface area contributed by atoms with Crippen LogP contribution in [0, 0.1) is 0 Å². The summed E-state index contributed by atoms with van der Waals surface area (Å²) in [4.78, 5) is 0. The lowest BCUT2D eigenvalue weighted by Gasteiger charge is -2.12. The van der Waals surface area contributed by atoms with Crippen LogP contribution in [0.15, 0.2) is 54.9 Å². The number of rotatable bonds is 2. The Hall–Kier alpha value is -2.20. The molecule has 3 aromatic rings. The lowest BCUT2D eigenvalue weighted by molar-refractivity contribution is -0.619. The van der Waals surface area contributed by atoms with Crippen molar-refractivity contribution < 1.29 is 4.68 Å². The first-order chi connectivity index (χ1) is 8.84. The van der Waals surface area contributed by atoms with Gasteiger partial charge in [0.2, 0.25) is 0 Å². The predicted octanol–water partition coefficient (Wildman–Crippen LogP) is 3.04. The van der Waals surface area contributed by atoms with Crippen molar-refractivity contribution in [2.75, 3.05) is 0 Å². The molecule has 0 spiro atoms. The summed E-state index contributed by atoms with van der Waals surface area (Å²) in [5.74, 6) is 0.547. The first-order valence-electron chi connectivity index (χ1n) is 5.44. The van der Waals surface area contributed by atoms with Gasteiger partial charge < -0.3 is 5.10 Å². The van der Waals surface area contributed by atoms with Crippen molar-refractivity contribution in [3.05, 3.63) is 65.4 Å². The molecule has 1 aromatic carbocycles. The third kappa shape index (κ3) is 1.98. The predicted molar refractivity (Wildman–Crippen MR) is 69.6 cm³/mol. The molecule has 0 radical (unpaired) electrons. The summed E-state index contributed by atoms with van der Waals surface area (Å²) in [6.07, 6.45) is 3.68. The van der Waals surface area contributed by atoms with Crippen LogP contribution in [-0.2, 0) is 0 Å². The minimum absolute atomic E-state index is 0.391. The lowest BCUT2D eigenvalue weighted by atomic mass is 10.2. The third-order valence-corrected chi connectivity index (χ3v) is 2.81. The monoisotopic (exact) mass is 256 g/mol. The fraction of sp³-hybridized carbons (Fsp3) is 0. The van der Waals surface area contributed by atoms with Gasteiger partial charge in [-0.2, -0.15) is 10.1 Å². The molecule has 2 aromatic heterocycles. The van der Waals surface area contributed by atoms with E-state index in [1.165, 1.54) is 0 Å². The van der Waals surface area contributed by atoms with Gasteiger partial charge in [-0.15, -0.1) is 0 Å². The fourth-order valence-electron chi connectivity index (χ4n) is 1.70. The van der Waals surface area contributed by atoms with E-state index < -0.39 is 0 Å². The Balaban J connectivity index is 2.10. The van der Waals surface area contributed by atoms with Crippen molar-refractivity contribution in [2.24, 2.45) is 0 Å². The topological polar surface area (TPSA) is 43.8 Å². The highest BCUT2D eigenvalue weighted by molar-refractivity contribution is 6.34. The largest absolute Gasteiger partial charge is 0.346 e. The number of benzene rings is 1. The van der Waals surface area contributed by atoms with Crippen LogP contribution in [0.25, 0.3) is 16.2 Å². The van der Waals surface area contributed by atoms with Crippen LogP contribution in [0.3, 0.4) is 0 Å². The molecular formula is C13H9ClN4. The van der Waals surface area contributed by atoms with Crippen molar-refractivity contribution >= 4 is 28.2 Å². The van der Waals surface area contributed by atoms with E-state index in [9.17, 15) is 0 Å². The molecule has 18 heavy (non-hydrogen) atoms. The summed E-state index contributed by atoms with van der Waals surface area (Å²) in [5.41, 5.74) is 4.39. The molecule has 0 unspecified atom stereocenters. The molecule has 5 heteroatoms. The smallest absolute Gasteiger partial charge is 0.182 e. The van der Waals surface area contributed by atoms with Gasteiger partial charge >= 0.3 is 0 Å². The molecule has 0 fully saturated rings. The zero-order valence-corrected chi connectivity index (χ0v) is 10.1. The maximum Gasteiger partial charge on any atom is 0.182 e. The zero-order chi connectivity index (χ0) is 12.4. The quantitative estimate of drug-likeness (QED) is 0.662. The maximum atomic E-state index is 6.01. The van der Waals surface area contributed by atoms with Crippen LogP contribution in [-0.4, -0.2) is 10.2 Å². The molecule has 88 valence electrons. The number of fused-ring (bicyclic) bond motifs is 1. The van der Waals surface area contributed by atoms with Crippen LogP contribution >= 0.6 is 11.6 Å². The summed E-state index contributed by atoms with van der Waals surface area (Å²) in [6, 6.07) is 13.4. The molecule has 0 aliphatic carbocycles. The van der Waals surface area contributed by atoms with E-state index in [2.05, 4.69) is 15.6 Å². The number of aromatic nitrogens is 3. The average Bonchev–Trinajstić information content (AvgIpc) is 2.44. The van der Waals surface area contributed by atoms with Crippen LogP contribution in [0.1, 0.15) is 0 Å². The molecule has 0 saturated heterocycles. The summed E-state index contributed by atoms with van der Waals surface area (Å²) in [6.45, 7) is 0. The summed E-state index contributed by atoms with van der Waals surface area (Å²) < 4.78 is 1.68. The molecule has 0 aliphatic rings. The van der Waals surface area contributed by atoms with Crippen molar-refractivity contribution in [1.82, 2.24) is 10.2 Å². The molecule has 0 N–H and O–H groups in total. The first kappa shape index (κ1) is 10.9. The molecule has 0 atom stereocenters. The second-order valence-electron chi connectivity index (χ2n) is 3.72. The fourth-order valence-corrected chi connectivity index (χ4v) is 1.90. The SMILES string of the molecule is Clc1nnc([N-][n+]2ccccc2)c2ccccc12. The van der Waals surface area contributed by atoms with Gasteiger partial charge in [0.15, 0.2) is 12.4 Å². The maximum absolute atomic E-state index is 6.01. The number of halogens is 1. The Morgan fingerprint density at radius 3 is 2.39 bits per heavy atom. The van der Waals surface area contributed by atoms with E-state index in [0.29, 0.717) is 11.0 Å². The number of hydrogen-bond acceptors (Lipinski definition) is 2. The number of hydrogen-bond donors (Lipinski definition) is 0. The highest BCUT2D eigenvalue weighted by Crippen LogP contribution is 2.28. The Morgan fingerprint density at radius 1 is 0.889 bits per heavy atom. The minimum atomic E-state index is 0.391. The Morgan fingerprint density at radius 2 is 1.61 bits per heavy atom. The van der Waals surface area contributed by atoms with E-state index in [1.54, 1.807) is 4.68 Å². The highest BCUT2D eigenvalue weighted by atomic mass is 35.5. The van der Waals surface area contributed by atoms with Crippen molar-refractivity contribution in [1.29, 1.82) is 0 Å².